The van der Waals surface area contributed by atoms with E-state index >= 15 is 0 Å². The average Bonchev–Trinajstić information content (AvgIpc) is 2.78. The Morgan fingerprint density at radius 3 is 3.21 bits per heavy atom. The molecule has 5 nitrogen and oxygen atoms in total. The van der Waals surface area contributed by atoms with E-state index in [0.717, 1.165) is 30.4 Å². The summed E-state index contributed by atoms with van der Waals surface area (Å²) in [4.78, 5) is 12.4. The largest absolute Gasteiger partial charge is 0.383 e. The highest BCUT2D eigenvalue weighted by Gasteiger charge is 2.22. The maximum atomic E-state index is 12.4. The molecular weight excluding hydrogens is 310 g/mol. The van der Waals surface area contributed by atoms with Crippen molar-refractivity contribution in [2.45, 2.75) is 25.8 Å². The van der Waals surface area contributed by atoms with E-state index in [1.165, 1.54) is 0 Å². The van der Waals surface area contributed by atoms with Gasteiger partial charge < -0.3 is 10.1 Å². The van der Waals surface area contributed by atoms with Gasteiger partial charge >= 0.3 is 0 Å². The number of halogens is 1. The van der Waals surface area contributed by atoms with Crippen LogP contribution in [0.25, 0.3) is 0 Å². The molecular formula is C13H20BrN3O2. The van der Waals surface area contributed by atoms with Crippen LogP contribution >= 0.6 is 15.9 Å². The molecule has 1 saturated heterocycles. The van der Waals surface area contributed by atoms with Gasteiger partial charge in [0.1, 0.15) is 5.69 Å². The zero-order chi connectivity index (χ0) is 13.7. The number of ketones is 1. The minimum atomic E-state index is 0.161. The van der Waals surface area contributed by atoms with Crippen LogP contribution in [-0.4, -0.2) is 42.4 Å². The third kappa shape index (κ3) is 3.87. The number of aromatic nitrogens is 2. The van der Waals surface area contributed by atoms with E-state index in [4.69, 9.17) is 4.74 Å². The van der Waals surface area contributed by atoms with Gasteiger partial charge in [0.15, 0.2) is 5.78 Å². The number of carbonyl (C=O) groups is 1. The molecule has 0 radical (unpaired) electrons. The van der Waals surface area contributed by atoms with E-state index in [-0.39, 0.29) is 5.78 Å². The summed E-state index contributed by atoms with van der Waals surface area (Å²) in [5.41, 5.74) is 0.669. The van der Waals surface area contributed by atoms with Gasteiger partial charge in [0.05, 0.1) is 23.8 Å². The molecule has 106 valence electrons. The summed E-state index contributed by atoms with van der Waals surface area (Å²) in [5.74, 6) is 0.605. The number of hydrogen-bond donors (Lipinski definition) is 1. The van der Waals surface area contributed by atoms with Crippen molar-refractivity contribution in [3.05, 3.63) is 16.4 Å². The van der Waals surface area contributed by atoms with Crippen LogP contribution in [-0.2, 0) is 11.3 Å². The highest BCUT2D eigenvalue weighted by Crippen LogP contribution is 2.22. The Morgan fingerprint density at radius 2 is 2.53 bits per heavy atom. The van der Waals surface area contributed by atoms with Crippen molar-refractivity contribution in [3.63, 3.8) is 0 Å². The Morgan fingerprint density at radius 1 is 1.68 bits per heavy atom. The molecule has 6 heteroatoms. The molecule has 1 fully saturated rings. The Bertz CT molecular complexity index is 428. The van der Waals surface area contributed by atoms with E-state index in [1.54, 1.807) is 18.0 Å². The third-order valence-electron chi connectivity index (χ3n) is 3.44. The lowest BCUT2D eigenvalue weighted by Crippen LogP contribution is -2.31. The lowest BCUT2D eigenvalue weighted by atomic mass is 9.93. The number of rotatable bonds is 6. The van der Waals surface area contributed by atoms with Crippen LogP contribution in [0.5, 0.6) is 0 Å². The van der Waals surface area contributed by atoms with Gasteiger partial charge in [0.25, 0.3) is 0 Å². The summed E-state index contributed by atoms with van der Waals surface area (Å²) in [6, 6.07) is 0. The van der Waals surface area contributed by atoms with Crippen LogP contribution in [0.2, 0.25) is 0 Å². The van der Waals surface area contributed by atoms with E-state index in [9.17, 15) is 4.79 Å². The van der Waals surface area contributed by atoms with Crippen LogP contribution in [0.3, 0.4) is 0 Å². The fraction of sp³-hybridized carbons (Fsp3) is 0.692. The second kappa shape index (κ2) is 7.17. The molecule has 2 rings (SSSR count). The SMILES string of the molecule is COCCn1ncc(Br)c1C(=O)CC1CCCNC1. The standard InChI is InChI=1S/C13H20BrN3O2/c1-19-6-5-17-13(11(14)9-16-17)12(18)7-10-3-2-4-15-8-10/h9-10,15H,2-8H2,1H3. The first-order chi connectivity index (χ1) is 9.22. The van der Waals surface area contributed by atoms with Gasteiger partial charge in [-0.2, -0.15) is 5.10 Å². The Balaban J connectivity index is 2.02. The lowest BCUT2D eigenvalue weighted by Gasteiger charge is -2.22. The molecule has 0 aromatic carbocycles. The summed E-state index contributed by atoms with van der Waals surface area (Å²) in [6.07, 6.45) is 4.55. The van der Waals surface area contributed by atoms with Crippen LogP contribution in [0.4, 0.5) is 0 Å². The quantitative estimate of drug-likeness (QED) is 0.809. The molecule has 1 aliphatic rings. The van der Waals surface area contributed by atoms with Crippen molar-refractivity contribution in [2.75, 3.05) is 26.8 Å². The van der Waals surface area contributed by atoms with Gasteiger partial charge in [-0.05, 0) is 47.8 Å². The minimum Gasteiger partial charge on any atom is -0.383 e. The molecule has 19 heavy (non-hydrogen) atoms. The predicted octanol–water partition coefficient (Wildman–Crippen LogP) is 1.86. The van der Waals surface area contributed by atoms with Crippen molar-refractivity contribution >= 4 is 21.7 Å². The van der Waals surface area contributed by atoms with Crippen molar-refractivity contribution in [3.8, 4) is 0 Å². The molecule has 1 aromatic heterocycles. The topological polar surface area (TPSA) is 56.2 Å². The first-order valence-electron chi connectivity index (χ1n) is 6.66. The first-order valence-corrected chi connectivity index (χ1v) is 7.46. The van der Waals surface area contributed by atoms with Gasteiger partial charge in [0, 0.05) is 13.5 Å². The van der Waals surface area contributed by atoms with E-state index in [2.05, 4.69) is 26.3 Å². The van der Waals surface area contributed by atoms with E-state index in [0.29, 0.717) is 31.2 Å². The molecule has 1 aromatic rings. The molecule has 0 amide bonds. The second-order valence-electron chi connectivity index (χ2n) is 4.90. The first kappa shape index (κ1) is 14.7. The minimum absolute atomic E-state index is 0.161. The molecule has 0 bridgehead atoms. The number of ether oxygens (including phenoxy) is 1. The maximum Gasteiger partial charge on any atom is 0.182 e. The molecule has 1 atom stereocenters. The number of hydrogen-bond acceptors (Lipinski definition) is 4. The van der Waals surface area contributed by atoms with Gasteiger partial charge in [-0.25, -0.2) is 0 Å². The van der Waals surface area contributed by atoms with Crippen molar-refractivity contribution in [1.82, 2.24) is 15.1 Å². The maximum absolute atomic E-state index is 12.4. The molecule has 1 aliphatic heterocycles. The Kier molecular flexibility index (Phi) is 5.54. The van der Waals surface area contributed by atoms with Crippen LogP contribution in [0.15, 0.2) is 10.7 Å². The third-order valence-corrected chi connectivity index (χ3v) is 4.02. The number of Topliss-reactive ketones (excluding diaryl/α,β-unsaturated/α-hetero) is 1. The zero-order valence-corrected chi connectivity index (χ0v) is 12.8. The number of methoxy groups -OCH3 is 1. The number of carbonyl (C=O) groups excluding carboxylic acids is 1. The predicted molar refractivity (Wildman–Crippen MR) is 76.3 cm³/mol. The fourth-order valence-electron chi connectivity index (χ4n) is 2.44. The molecule has 1 N–H and O–H groups in total. The fourth-order valence-corrected chi connectivity index (χ4v) is 2.96. The second-order valence-corrected chi connectivity index (χ2v) is 5.75. The van der Waals surface area contributed by atoms with Crippen LogP contribution in [0, 0.1) is 5.92 Å². The van der Waals surface area contributed by atoms with Crippen molar-refractivity contribution in [2.24, 2.45) is 5.92 Å². The molecule has 0 saturated carbocycles. The smallest absolute Gasteiger partial charge is 0.182 e. The highest BCUT2D eigenvalue weighted by molar-refractivity contribution is 9.10. The molecule has 1 unspecified atom stereocenters. The van der Waals surface area contributed by atoms with Crippen LogP contribution < -0.4 is 5.32 Å². The number of nitrogens with one attached hydrogen (secondary N) is 1. The highest BCUT2D eigenvalue weighted by atomic mass is 79.9. The number of piperidine rings is 1. The molecule has 2 heterocycles. The zero-order valence-electron chi connectivity index (χ0n) is 11.2. The van der Waals surface area contributed by atoms with Gasteiger partial charge in [0.2, 0.25) is 0 Å². The van der Waals surface area contributed by atoms with Gasteiger partial charge in [-0.1, -0.05) is 0 Å². The Labute approximate surface area is 121 Å². The van der Waals surface area contributed by atoms with Gasteiger partial charge in [-0.15, -0.1) is 0 Å². The molecule has 0 spiro atoms. The monoisotopic (exact) mass is 329 g/mol. The summed E-state index contributed by atoms with van der Waals surface area (Å²) in [5, 5.41) is 7.56. The Hall–Kier alpha value is -0.720. The number of nitrogens with zero attached hydrogens (tertiary/aromatic N) is 2. The summed E-state index contributed by atoms with van der Waals surface area (Å²) >= 11 is 3.41. The normalized spacial score (nSPS) is 19.6. The summed E-state index contributed by atoms with van der Waals surface area (Å²) < 4.78 is 7.55. The summed E-state index contributed by atoms with van der Waals surface area (Å²) in [6.45, 7) is 3.17. The summed E-state index contributed by atoms with van der Waals surface area (Å²) in [7, 11) is 1.65. The van der Waals surface area contributed by atoms with Crippen LogP contribution in [0.1, 0.15) is 29.8 Å². The van der Waals surface area contributed by atoms with Gasteiger partial charge in [-0.3, -0.25) is 9.48 Å². The van der Waals surface area contributed by atoms with Crippen molar-refractivity contribution < 1.29 is 9.53 Å². The van der Waals surface area contributed by atoms with Crippen molar-refractivity contribution in [1.29, 1.82) is 0 Å². The van der Waals surface area contributed by atoms with E-state index in [1.807, 2.05) is 0 Å². The van der Waals surface area contributed by atoms with E-state index < -0.39 is 0 Å². The molecule has 0 aliphatic carbocycles. The lowest BCUT2D eigenvalue weighted by molar-refractivity contribution is 0.0939. The average molecular weight is 330 g/mol.